The van der Waals surface area contributed by atoms with E-state index in [0.29, 0.717) is 12.4 Å². The van der Waals surface area contributed by atoms with E-state index < -0.39 is 0 Å². The van der Waals surface area contributed by atoms with Crippen LogP contribution in [-0.4, -0.2) is 50.5 Å². The lowest BCUT2D eigenvalue weighted by molar-refractivity contribution is -0.122. The summed E-state index contributed by atoms with van der Waals surface area (Å²) >= 11 is 0. The van der Waals surface area contributed by atoms with Crippen molar-refractivity contribution < 1.29 is 4.79 Å². The molecule has 150 valence electrons. The Balaban J connectivity index is 1.40. The van der Waals surface area contributed by atoms with Crippen molar-refractivity contribution in [2.75, 3.05) is 29.4 Å². The van der Waals surface area contributed by atoms with Crippen LogP contribution in [-0.2, 0) is 4.79 Å². The molecule has 0 bridgehead atoms. The van der Waals surface area contributed by atoms with E-state index in [1.165, 1.54) is 6.33 Å². The van der Waals surface area contributed by atoms with E-state index in [2.05, 4.69) is 38.2 Å². The predicted octanol–water partition coefficient (Wildman–Crippen LogP) is 2.64. The van der Waals surface area contributed by atoms with Gasteiger partial charge in [-0.05, 0) is 50.5 Å². The summed E-state index contributed by atoms with van der Waals surface area (Å²) in [5, 5.41) is 12.6. The summed E-state index contributed by atoms with van der Waals surface area (Å²) in [4.78, 5) is 21.2. The molecule has 3 aromatic rings. The van der Waals surface area contributed by atoms with E-state index in [-0.39, 0.29) is 11.8 Å². The van der Waals surface area contributed by atoms with Crippen LogP contribution in [0.4, 0.5) is 11.5 Å². The zero-order valence-electron chi connectivity index (χ0n) is 16.8. The maximum absolute atomic E-state index is 13.2. The van der Waals surface area contributed by atoms with E-state index in [4.69, 9.17) is 0 Å². The monoisotopic (exact) mass is 391 g/mol. The Hall–Kier alpha value is -3.29. The van der Waals surface area contributed by atoms with Gasteiger partial charge in [0.15, 0.2) is 11.6 Å². The van der Waals surface area contributed by atoms with Crippen LogP contribution >= 0.6 is 0 Å². The van der Waals surface area contributed by atoms with E-state index in [1.807, 2.05) is 42.2 Å². The molecule has 1 aliphatic rings. The molecule has 0 unspecified atom stereocenters. The highest BCUT2D eigenvalue weighted by molar-refractivity contribution is 5.95. The molecular formula is C21H25N7O. The molecule has 2 aromatic heterocycles. The van der Waals surface area contributed by atoms with Crippen molar-refractivity contribution in [1.29, 1.82) is 0 Å². The lowest BCUT2D eigenvalue weighted by atomic mass is 9.94. The molecule has 1 amide bonds. The summed E-state index contributed by atoms with van der Waals surface area (Å²) in [6.45, 7) is 6.35. The minimum absolute atomic E-state index is 0.0354. The lowest BCUT2D eigenvalue weighted by Crippen LogP contribution is -2.43. The van der Waals surface area contributed by atoms with Crippen molar-refractivity contribution >= 4 is 17.4 Å². The SMILES string of the molecule is CCN(C(=O)C1CCN(c2ccc(-n3cncn3)nn2)CC1)c1ccccc1C. The second kappa shape index (κ2) is 8.38. The Morgan fingerprint density at radius 1 is 1.10 bits per heavy atom. The summed E-state index contributed by atoms with van der Waals surface area (Å²) in [5.41, 5.74) is 2.14. The number of aryl methyl sites for hydroxylation is 1. The maximum Gasteiger partial charge on any atom is 0.230 e. The van der Waals surface area contributed by atoms with Crippen LogP contribution in [0.2, 0.25) is 0 Å². The molecule has 8 heteroatoms. The van der Waals surface area contributed by atoms with Gasteiger partial charge in [0.2, 0.25) is 5.91 Å². The van der Waals surface area contributed by atoms with Crippen molar-refractivity contribution in [3.8, 4) is 5.82 Å². The summed E-state index contributed by atoms with van der Waals surface area (Å²) in [6.07, 6.45) is 4.68. The summed E-state index contributed by atoms with van der Waals surface area (Å²) in [5.74, 6) is 1.71. The number of carbonyl (C=O) groups is 1. The number of anilines is 2. The van der Waals surface area contributed by atoms with Gasteiger partial charge in [-0.15, -0.1) is 10.2 Å². The first-order valence-electron chi connectivity index (χ1n) is 9.98. The molecule has 0 saturated carbocycles. The number of aromatic nitrogens is 5. The van der Waals surface area contributed by atoms with Crippen molar-refractivity contribution in [1.82, 2.24) is 25.0 Å². The molecule has 1 aliphatic heterocycles. The van der Waals surface area contributed by atoms with Gasteiger partial charge in [-0.1, -0.05) is 18.2 Å². The van der Waals surface area contributed by atoms with Crippen LogP contribution in [0.5, 0.6) is 0 Å². The maximum atomic E-state index is 13.2. The first-order chi connectivity index (χ1) is 14.2. The van der Waals surface area contributed by atoms with Gasteiger partial charge in [0.25, 0.3) is 0 Å². The number of rotatable bonds is 5. The Kier molecular flexibility index (Phi) is 5.50. The van der Waals surface area contributed by atoms with Gasteiger partial charge in [0.1, 0.15) is 12.7 Å². The van der Waals surface area contributed by atoms with Crippen molar-refractivity contribution in [3.05, 3.63) is 54.6 Å². The second-order valence-corrected chi connectivity index (χ2v) is 7.22. The molecule has 8 nitrogen and oxygen atoms in total. The topological polar surface area (TPSA) is 80.0 Å². The normalized spacial score (nSPS) is 14.8. The zero-order chi connectivity index (χ0) is 20.2. The quantitative estimate of drug-likeness (QED) is 0.665. The first-order valence-corrected chi connectivity index (χ1v) is 9.98. The lowest BCUT2D eigenvalue weighted by Gasteiger charge is -2.34. The molecule has 0 aliphatic carbocycles. The van der Waals surface area contributed by atoms with Gasteiger partial charge in [-0.3, -0.25) is 4.79 Å². The predicted molar refractivity (Wildman–Crippen MR) is 111 cm³/mol. The van der Waals surface area contributed by atoms with E-state index in [9.17, 15) is 4.79 Å². The van der Waals surface area contributed by atoms with Crippen molar-refractivity contribution in [3.63, 3.8) is 0 Å². The highest BCUT2D eigenvalue weighted by atomic mass is 16.2. The van der Waals surface area contributed by atoms with Crippen LogP contribution in [0, 0.1) is 12.8 Å². The first kappa shape index (κ1) is 19.0. The molecule has 0 atom stereocenters. The number of benzene rings is 1. The van der Waals surface area contributed by atoms with Crippen LogP contribution in [0.15, 0.2) is 49.1 Å². The van der Waals surface area contributed by atoms with Gasteiger partial charge >= 0.3 is 0 Å². The molecule has 0 radical (unpaired) electrons. The highest BCUT2D eigenvalue weighted by Crippen LogP contribution is 2.27. The van der Waals surface area contributed by atoms with Gasteiger partial charge < -0.3 is 9.80 Å². The minimum atomic E-state index is 0.0354. The largest absolute Gasteiger partial charge is 0.355 e. The summed E-state index contributed by atoms with van der Waals surface area (Å²) in [7, 11) is 0. The molecule has 0 N–H and O–H groups in total. The molecule has 29 heavy (non-hydrogen) atoms. The van der Waals surface area contributed by atoms with Gasteiger partial charge in [0, 0.05) is 31.2 Å². The van der Waals surface area contributed by atoms with Gasteiger partial charge in [-0.2, -0.15) is 5.10 Å². The zero-order valence-corrected chi connectivity index (χ0v) is 16.8. The van der Waals surface area contributed by atoms with Crippen LogP contribution < -0.4 is 9.80 Å². The van der Waals surface area contributed by atoms with Crippen LogP contribution in [0.1, 0.15) is 25.3 Å². The average molecular weight is 391 g/mol. The Morgan fingerprint density at radius 2 is 1.83 bits per heavy atom. The smallest absolute Gasteiger partial charge is 0.230 e. The van der Waals surface area contributed by atoms with Gasteiger partial charge in [-0.25, -0.2) is 9.67 Å². The van der Waals surface area contributed by atoms with Crippen LogP contribution in [0.25, 0.3) is 5.82 Å². The Bertz CT molecular complexity index is 947. The Morgan fingerprint density at radius 3 is 2.45 bits per heavy atom. The number of amides is 1. The fourth-order valence-electron chi connectivity index (χ4n) is 3.82. The molecule has 1 saturated heterocycles. The summed E-state index contributed by atoms with van der Waals surface area (Å²) in [6, 6.07) is 11.9. The third kappa shape index (κ3) is 3.96. The van der Waals surface area contributed by atoms with E-state index in [0.717, 1.165) is 43.0 Å². The molecule has 1 fully saturated rings. The number of piperidine rings is 1. The molecule has 3 heterocycles. The third-order valence-electron chi connectivity index (χ3n) is 5.45. The average Bonchev–Trinajstić information content (AvgIpc) is 3.31. The minimum Gasteiger partial charge on any atom is -0.355 e. The third-order valence-corrected chi connectivity index (χ3v) is 5.45. The molecule has 1 aromatic carbocycles. The van der Waals surface area contributed by atoms with Crippen LogP contribution in [0.3, 0.4) is 0 Å². The number of para-hydroxylation sites is 1. The number of carbonyl (C=O) groups excluding carboxylic acids is 1. The fraction of sp³-hybridized carbons (Fsp3) is 0.381. The molecule has 0 spiro atoms. The fourth-order valence-corrected chi connectivity index (χ4v) is 3.82. The number of hydrogen-bond acceptors (Lipinski definition) is 6. The number of nitrogens with zero attached hydrogens (tertiary/aromatic N) is 7. The van der Waals surface area contributed by atoms with Crippen molar-refractivity contribution in [2.45, 2.75) is 26.7 Å². The number of hydrogen-bond donors (Lipinski definition) is 0. The highest BCUT2D eigenvalue weighted by Gasteiger charge is 2.29. The van der Waals surface area contributed by atoms with Gasteiger partial charge in [0.05, 0.1) is 0 Å². The standard InChI is InChI=1S/C21H25N7O/c1-3-27(18-7-5-4-6-16(18)2)21(29)17-10-12-26(13-11-17)19-8-9-20(25-24-19)28-15-22-14-23-28/h4-9,14-15,17H,3,10-13H2,1-2H3. The van der Waals surface area contributed by atoms with Crippen molar-refractivity contribution in [2.24, 2.45) is 5.92 Å². The van der Waals surface area contributed by atoms with E-state index in [1.54, 1.807) is 11.0 Å². The molecule has 4 rings (SSSR count). The van der Waals surface area contributed by atoms with E-state index >= 15 is 0 Å². The second-order valence-electron chi connectivity index (χ2n) is 7.22. The Labute approximate surface area is 170 Å². The summed E-state index contributed by atoms with van der Waals surface area (Å²) < 4.78 is 1.58. The molecular weight excluding hydrogens is 366 g/mol.